The van der Waals surface area contributed by atoms with E-state index in [0.29, 0.717) is 6.42 Å². The van der Waals surface area contributed by atoms with Crippen molar-refractivity contribution >= 4 is 21.7 Å². The molecule has 1 atom stereocenters. The second-order valence-electron chi connectivity index (χ2n) is 3.73. The molecule has 3 heteroatoms. The van der Waals surface area contributed by atoms with Gasteiger partial charge in [-0.2, -0.15) is 0 Å². The highest BCUT2D eigenvalue weighted by molar-refractivity contribution is 9.10. The molecule has 0 radical (unpaired) electrons. The van der Waals surface area contributed by atoms with Crippen molar-refractivity contribution in [2.24, 2.45) is 5.92 Å². The second-order valence-corrected chi connectivity index (χ2v) is 4.64. The van der Waals surface area contributed by atoms with Crippen molar-refractivity contribution in [2.75, 3.05) is 13.6 Å². The van der Waals surface area contributed by atoms with E-state index >= 15 is 0 Å². The second kappa shape index (κ2) is 6.03. The van der Waals surface area contributed by atoms with Gasteiger partial charge in [-0.3, -0.25) is 4.79 Å². The zero-order chi connectivity index (χ0) is 11.3. The molecular weight excluding hydrogens is 254 g/mol. The highest BCUT2D eigenvalue weighted by Crippen LogP contribution is 2.12. The van der Waals surface area contributed by atoms with Gasteiger partial charge in [-0.05, 0) is 24.7 Å². The van der Waals surface area contributed by atoms with Crippen LogP contribution < -0.4 is 5.32 Å². The molecule has 0 aliphatic carbocycles. The summed E-state index contributed by atoms with van der Waals surface area (Å²) in [6.07, 6.45) is 0.524. The molecule has 1 aromatic rings. The fourth-order valence-electron chi connectivity index (χ4n) is 1.40. The Labute approximate surface area is 99.2 Å². The minimum Gasteiger partial charge on any atom is -0.319 e. The van der Waals surface area contributed by atoms with Crippen LogP contribution in [0.25, 0.3) is 0 Å². The van der Waals surface area contributed by atoms with Crippen molar-refractivity contribution in [1.29, 1.82) is 0 Å². The molecule has 82 valence electrons. The Morgan fingerprint density at radius 3 is 2.53 bits per heavy atom. The molecule has 0 aliphatic rings. The van der Waals surface area contributed by atoms with E-state index in [1.807, 2.05) is 38.2 Å². The molecule has 0 spiro atoms. The van der Waals surface area contributed by atoms with Gasteiger partial charge in [-0.25, -0.2) is 0 Å². The summed E-state index contributed by atoms with van der Waals surface area (Å²) >= 11 is 3.37. The highest BCUT2D eigenvalue weighted by Gasteiger charge is 2.11. The maximum absolute atomic E-state index is 11.7. The number of hydrogen-bond donors (Lipinski definition) is 1. The average Bonchev–Trinajstić information content (AvgIpc) is 2.22. The lowest BCUT2D eigenvalue weighted by Gasteiger charge is -2.09. The SMILES string of the molecule is CNCC(C)C(=O)Cc1ccc(Br)cc1. The van der Waals surface area contributed by atoms with Crippen LogP contribution in [0.5, 0.6) is 0 Å². The highest BCUT2D eigenvalue weighted by atomic mass is 79.9. The van der Waals surface area contributed by atoms with Gasteiger partial charge in [-0.1, -0.05) is 35.0 Å². The van der Waals surface area contributed by atoms with Gasteiger partial charge in [0.2, 0.25) is 0 Å². The number of halogens is 1. The maximum atomic E-state index is 11.7. The molecule has 0 fully saturated rings. The molecule has 0 bridgehead atoms. The molecule has 0 amide bonds. The van der Waals surface area contributed by atoms with Gasteiger partial charge in [0.1, 0.15) is 5.78 Å². The van der Waals surface area contributed by atoms with Gasteiger partial charge in [0.05, 0.1) is 0 Å². The molecule has 0 aromatic heterocycles. The molecule has 0 aliphatic heterocycles. The smallest absolute Gasteiger partial charge is 0.141 e. The number of carbonyl (C=O) groups excluding carboxylic acids is 1. The normalized spacial score (nSPS) is 12.5. The van der Waals surface area contributed by atoms with E-state index in [9.17, 15) is 4.79 Å². The molecule has 0 heterocycles. The van der Waals surface area contributed by atoms with Crippen LogP contribution in [0, 0.1) is 5.92 Å². The Bertz CT molecular complexity index is 321. The van der Waals surface area contributed by atoms with Gasteiger partial charge >= 0.3 is 0 Å². The standard InChI is InChI=1S/C12H16BrNO/c1-9(8-14-2)12(15)7-10-3-5-11(13)6-4-10/h3-6,9,14H,7-8H2,1-2H3. The predicted molar refractivity (Wildman–Crippen MR) is 65.9 cm³/mol. The molecule has 2 nitrogen and oxygen atoms in total. The first-order valence-electron chi connectivity index (χ1n) is 5.05. The third kappa shape index (κ3) is 4.14. The van der Waals surface area contributed by atoms with Crippen LogP contribution in [0.15, 0.2) is 28.7 Å². The average molecular weight is 270 g/mol. The van der Waals surface area contributed by atoms with Crippen molar-refractivity contribution in [2.45, 2.75) is 13.3 Å². The van der Waals surface area contributed by atoms with E-state index in [-0.39, 0.29) is 11.7 Å². The zero-order valence-corrected chi connectivity index (χ0v) is 10.7. The minimum atomic E-state index is 0.0821. The summed E-state index contributed by atoms with van der Waals surface area (Å²) in [5, 5.41) is 3.01. The van der Waals surface area contributed by atoms with E-state index in [4.69, 9.17) is 0 Å². The van der Waals surface area contributed by atoms with Gasteiger partial charge in [0, 0.05) is 23.4 Å². The lowest BCUT2D eigenvalue weighted by Crippen LogP contribution is -2.24. The van der Waals surface area contributed by atoms with Gasteiger partial charge in [-0.15, -0.1) is 0 Å². The van der Waals surface area contributed by atoms with E-state index in [1.54, 1.807) is 0 Å². The summed E-state index contributed by atoms with van der Waals surface area (Å²) in [6, 6.07) is 7.89. The number of benzene rings is 1. The van der Waals surface area contributed by atoms with Crippen LogP contribution in [0.1, 0.15) is 12.5 Å². The Kier molecular flexibility index (Phi) is 4.99. The van der Waals surface area contributed by atoms with E-state index < -0.39 is 0 Å². The first kappa shape index (κ1) is 12.4. The molecule has 0 saturated carbocycles. The summed E-state index contributed by atoms with van der Waals surface area (Å²) in [6.45, 7) is 2.70. The fraction of sp³-hybridized carbons (Fsp3) is 0.417. The van der Waals surface area contributed by atoms with Crippen LogP contribution >= 0.6 is 15.9 Å². The third-order valence-corrected chi connectivity index (χ3v) is 2.88. The van der Waals surface area contributed by atoms with Crippen LogP contribution in [-0.2, 0) is 11.2 Å². The molecule has 0 saturated heterocycles. The summed E-state index contributed by atoms with van der Waals surface area (Å²) in [5.74, 6) is 0.366. The van der Waals surface area contributed by atoms with Crippen LogP contribution in [-0.4, -0.2) is 19.4 Å². The number of ketones is 1. The molecule has 1 N–H and O–H groups in total. The van der Waals surface area contributed by atoms with E-state index in [2.05, 4.69) is 21.2 Å². The Balaban J connectivity index is 2.54. The predicted octanol–water partition coefficient (Wildman–Crippen LogP) is 2.42. The number of Topliss-reactive ketones (excluding diaryl/α,β-unsaturated/α-hetero) is 1. The first-order valence-corrected chi connectivity index (χ1v) is 5.84. The molecule has 15 heavy (non-hydrogen) atoms. The van der Waals surface area contributed by atoms with E-state index in [1.165, 1.54) is 0 Å². The third-order valence-electron chi connectivity index (χ3n) is 2.35. The number of carbonyl (C=O) groups is 1. The zero-order valence-electron chi connectivity index (χ0n) is 9.09. The summed E-state index contributed by atoms with van der Waals surface area (Å²) < 4.78 is 1.04. The van der Waals surface area contributed by atoms with E-state index in [0.717, 1.165) is 16.6 Å². The minimum absolute atomic E-state index is 0.0821. The van der Waals surface area contributed by atoms with Crippen molar-refractivity contribution < 1.29 is 4.79 Å². The van der Waals surface area contributed by atoms with Crippen molar-refractivity contribution in [1.82, 2.24) is 5.32 Å². The number of rotatable bonds is 5. The van der Waals surface area contributed by atoms with Crippen LogP contribution in [0.2, 0.25) is 0 Å². The van der Waals surface area contributed by atoms with Crippen molar-refractivity contribution in [3.05, 3.63) is 34.3 Å². The molecule has 1 rings (SSSR count). The van der Waals surface area contributed by atoms with Crippen molar-refractivity contribution in [3.63, 3.8) is 0 Å². The summed E-state index contributed by atoms with van der Waals surface area (Å²) in [5.41, 5.74) is 1.08. The molecule has 1 aromatic carbocycles. The first-order chi connectivity index (χ1) is 7.13. The quantitative estimate of drug-likeness (QED) is 0.890. The maximum Gasteiger partial charge on any atom is 0.141 e. The topological polar surface area (TPSA) is 29.1 Å². The lowest BCUT2D eigenvalue weighted by atomic mass is 9.99. The Morgan fingerprint density at radius 1 is 1.40 bits per heavy atom. The lowest BCUT2D eigenvalue weighted by molar-refractivity contribution is -0.121. The summed E-state index contributed by atoms with van der Waals surface area (Å²) in [4.78, 5) is 11.7. The molecule has 1 unspecified atom stereocenters. The van der Waals surface area contributed by atoms with Crippen molar-refractivity contribution in [3.8, 4) is 0 Å². The van der Waals surface area contributed by atoms with Crippen LogP contribution in [0.3, 0.4) is 0 Å². The fourth-order valence-corrected chi connectivity index (χ4v) is 1.66. The Morgan fingerprint density at radius 2 is 2.00 bits per heavy atom. The Hall–Kier alpha value is -0.670. The van der Waals surface area contributed by atoms with Gasteiger partial charge in [0.25, 0.3) is 0 Å². The van der Waals surface area contributed by atoms with Gasteiger partial charge < -0.3 is 5.32 Å². The largest absolute Gasteiger partial charge is 0.319 e. The molecular formula is C12H16BrNO. The number of nitrogens with one attached hydrogen (secondary N) is 1. The van der Waals surface area contributed by atoms with Gasteiger partial charge in [0.15, 0.2) is 0 Å². The number of hydrogen-bond acceptors (Lipinski definition) is 2. The monoisotopic (exact) mass is 269 g/mol. The summed E-state index contributed by atoms with van der Waals surface area (Å²) in [7, 11) is 1.86. The van der Waals surface area contributed by atoms with Crippen LogP contribution in [0.4, 0.5) is 0 Å².